The molecule has 0 unspecified atom stereocenters. The maximum atomic E-state index is 11.8. The molecule has 1 aromatic rings. The van der Waals surface area contributed by atoms with E-state index in [2.05, 4.69) is 10.1 Å². The Morgan fingerprint density at radius 1 is 1.14 bits per heavy atom. The highest BCUT2D eigenvalue weighted by Crippen LogP contribution is 2.22. The van der Waals surface area contributed by atoms with Crippen LogP contribution in [0.25, 0.3) is 0 Å². The Bertz CT molecular complexity index is 558. The number of methoxy groups -OCH3 is 1. The molecule has 0 spiro atoms. The molecular weight excluding hydrogens is 310 g/mol. The van der Waals surface area contributed by atoms with Crippen molar-refractivity contribution in [3.05, 3.63) is 28.1 Å². The fraction of sp³-hybridized carbons (Fsp3) is 0.357. The third kappa shape index (κ3) is 4.59. The van der Waals surface area contributed by atoms with Gasteiger partial charge >= 0.3 is 17.9 Å². The predicted molar refractivity (Wildman–Crippen MR) is 80.6 cm³/mol. The molecule has 22 heavy (non-hydrogen) atoms. The van der Waals surface area contributed by atoms with Crippen LogP contribution in [0.2, 0.25) is 0 Å². The third-order valence-corrected chi connectivity index (χ3v) is 3.17. The number of hydrogen-bond donors (Lipinski definition) is 1. The van der Waals surface area contributed by atoms with Crippen LogP contribution in [0, 0.1) is 0 Å². The van der Waals surface area contributed by atoms with Gasteiger partial charge in [-0.05, 0) is 13.8 Å². The number of ether oxygens (including phenoxy) is 3. The van der Waals surface area contributed by atoms with Gasteiger partial charge in [-0.2, -0.15) is 0 Å². The number of carbonyl (C=O) groups is 3. The molecule has 1 heterocycles. The summed E-state index contributed by atoms with van der Waals surface area (Å²) < 4.78 is 14.2. The number of carbonyl (C=O) groups excluding carboxylic acids is 3. The number of thiophene rings is 1. The lowest BCUT2D eigenvalue weighted by Gasteiger charge is -2.07. The first kappa shape index (κ1) is 17.7. The number of hydrogen-bond acceptors (Lipinski definition) is 8. The minimum Gasteiger partial charge on any atom is -0.465 e. The Morgan fingerprint density at radius 3 is 2.23 bits per heavy atom. The van der Waals surface area contributed by atoms with Crippen molar-refractivity contribution in [2.75, 3.05) is 25.6 Å². The lowest BCUT2D eigenvalue weighted by atomic mass is 10.2. The standard InChI is InChI=1S/C14H17NO6S/c1-4-20-13(17)9(14(18)21-5-2)6-15-11-8-22-7-10(11)12(16)19-3/h6-8,15H,4-5H2,1-3H3. The lowest BCUT2D eigenvalue weighted by molar-refractivity contribution is -0.146. The predicted octanol–water partition coefficient (Wildman–Crippen LogP) is 1.96. The molecule has 0 fully saturated rings. The average Bonchev–Trinajstić information content (AvgIpc) is 2.95. The summed E-state index contributed by atoms with van der Waals surface area (Å²) in [6.07, 6.45) is 1.16. The molecule has 0 saturated carbocycles. The highest BCUT2D eigenvalue weighted by molar-refractivity contribution is 7.08. The van der Waals surface area contributed by atoms with Gasteiger partial charge < -0.3 is 19.5 Å². The van der Waals surface area contributed by atoms with Crippen LogP contribution in [-0.4, -0.2) is 38.2 Å². The molecule has 120 valence electrons. The van der Waals surface area contributed by atoms with E-state index >= 15 is 0 Å². The Balaban J connectivity index is 2.98. The van der Waals surface area contributed by atoms with Gasteiger partial charge in [0, 0.05) is 17.0 Å². The minimum atomic E-state index is -0.803. The van der Waals surface area contributed by atoms with Gasteiger partial charge in [0.2, 0.25) is 0 Å². The third-order valence-electron chi connectivity index (χ3n) is 2.43. The van der Waals surface area contributed by atoms with Gasteiger partial charge in [0.15, 0.2) is 5.57 Å². The zero-order chi connectivity index (χ0) is 16.5. The van der Waals surface area contributed by atoms with Crippen LogP contribution in [0.15, 0.2) is 22.5 Å². The number of anilines is 1. The van der Waals surface area contributed by atoms with E-state index in [1.165, 1.54) is 18.4 Å². The molecule has 0 aliphatic rings. The van der Waals surface area contributed by atoms with E-state index in [1.54, 1.807) is 24.6 Å². The van der Waals surface area contributed by atoms with Crippen molar-refractivity contribution in [2.45, 2.75) is 13.8 Å². The summed E-state index contributed by atoms with van der Waals surface area (Å²) in [5, 5.41) is 5.98. The molecule has 0 atom stereocenters. The van der Waals surface area contributed by atoms with Crippen molar-refractivity contribution >= 4 is 34.9 Å². The van der Waals surface area contributed by atoms with Gasteiger partial charge in [-0.1, -0.05) is 0 Å². The van der Waals surface area contributed by atoms with Crippen molar-refractivity contribution in [3.63, 3.8) is 0 Å². The van der Waals surface area contributed by atoms with E-state index in [9.17, 15) is 14.4 Å². The van der Waals surface area contributed by atoms with E-state index in [4.69, 9.17) is 9.47 Å². The SMILES string of the molecule is CCOC(=O)C(=CNc1cscc1C(=O)OC)C(=O)OCC. The van der Waals surface area contributed by atoms with Crippen LogP contribution in [-0.2, 0) is 23.8 Å². The summed E-state index contributed by atoms with van der Waals surface area (Å²) in [5.74, 6) is -2.13. The summed E-state index contributed by atoms with van der Waals surface area (Å²) in [5.41, 5.74) is 0.435. The summed E-state index contributed by atoms with van der Waals surface area (Å²) in [6, 6.07) is 0. The highest BCUT2D eigenvalue weighted by atomic mass is 32.1. The quantitative estimate of drug-likeness (QED) is 0.269. The van der Waals surface area contributed by atoms with E-state index < -0.39 is 17.9 Å². The smallest absolute Gasteiger partial charge is 0.347 e. The van der Waals surface area contributed by atoms with E-state index in [0.29, 0.717) is 11.3 Å². The van der Waals surface area contributed by atoms with Gasteiger partial charge in [-0.3, -0.25) is 0 Å². The van der Waals surface area contributed by atoms with Crippen LogP contribution in [0.1, 0.15) is 24.2 Å². The van der Waals surface area contributed by atoms with Gasteiger partial charge in [0.25, 0.3) is 0 Å². The van der Waals surface area contributed by atoms with Gasteiger partial charge in [-0.15, -0.1) is 11.3 Å². The number of nitrogens with one attached hydrogen (secondary N) is 1. The summed E-state index contributed by atoms with van der Waals surface area (Å²) in [4.78, 5) is 35.1. The van der Waals surface area contributed by atoms with Gasteiger partial charge in [0.05, 0.1) is 31.6 Å². The molecule has 8 heteroatoms. The minimum absolute atomic E-state index is 0.126. The second-order valence-corrected chi connectivity index (χ2v) is 4.58. The molecule has 7 nitrogen and oxygen atoms in total. The monoisotopic (exact) mass is 327 g/mol. The van der Waals surface area contributed by atoms with E-state index in [1.807, 2.05) is 0 Å². The molecule has 1 N–H and O–H groups in total. The van der Waals surface area contributed by atoms with Crippen molar-refractivity contribution in [1.82, 2.24) is 0 Å². The van der Waals surface area contributed by atoms with Crippen molar-refractivity contribution in [1.29, 1.82) is 0 Å². The number of esters is 3. The summed E-state index contributed by atoms with van der Waals surface area (Å²) in [7, 11) is 1.27. The van der Waals surface area contributed by atoms with E-state index in [-0.39, 0.29) is 18.8 Å². The second-order valence-electron chi connectivity index (χ2n) is 3.83. The van der Waals surface area contributed by atoms with Crippen molar-refractivity contribution in [3.8, 4) is 0 Å². The first-order valence-electron chi connectivity index (χ1n) is 6.50. The second kappa shape index (κ2) is 8.83. The molecule has 1 aromatic heterocycles. The molecule has 0 aliphatic carbocycles. The summed E-state index contributed by atoms with van der Waals surface area (Å²) >= 11 is 1.27. The fourth-order valence-electron chi connectivity index (χ4n) is 1.45. The number of rotatable bonds is 7. The zero-order valence-corrected chi connectivity index (χ0v) is 13.3. The van der Waals surface area contributed by atoms with Gasteiger partial charge in [0.1, 0.15) is 0 Å². The fourth-order valence-corrected chi connectivity index (χ4v) is 2.20. The average molecular weight is 327 g/mol. The largest absolute Gasteiger partial charge is 0.465 e. The van der Waals surface area contributed by atoms with Crippen LogP contribution in [0.5, 0.6) is 0 Å². The topological polar surface area (TPSA) is 90.9 Å². The van der Waals surface area contributed by atoms with Crippen LogP contribution in [0.4, 0.5) is 5.69 Å². The zero-order valence-electron chi connectivity index (χ0n) is 12.5. The maximum Gasteiger partial charge on any atom is 0.347 e. The Hall–Kier alpha value is -2.35. The molecule has 0 saturated heterocycles. The van der Waals surface area contributed by atoms with Gasteiger partial charge in [-0.25, -0.2) is 14.4 Å². The van der Waals surface area contributed by atoms with Crippen LogP contribution >= 0.6 is 11.3 Å². The molecule has 0 aromatic carbocycles. The first-order valence-corrected chi connectivity index (χ1v) is 7.44. The molecule has 0 radical (unpaired) electrons. The van der Waals surface area contributed by atoms with Crippen molar-refractivity contribution in [2.24, 2.45) is 0 Å². The molecule has 0 amide bonds. The maximum absolute atomic E-state index is 11.8. The highest BCUT2D eigenvalue weighted by Gasteiger charge is 2.21. The Kier molecular flexibility index (Phi) is 7.11. The Labute approximate surface area is 131 Å². The molecule has 0 aliphatic heterocycles. The Morgan fingerprint density at radius 2 is 1.73 bits per heavy atom. The van der Waals surface area contributed by atoms with Crippen LogP contribution < -0.4 is 5.32 Å². The summed E-state index contributed by atoms with van der Waals surface area (Å²) in [6.45, 7) is 3.51. The lowest BCUT2D eigenvalue weighted by Crippen LogP contribution is -2.19. The van der Waals surface area contributed by atoms with Crippen molar-refractivity contribution < 1.29 is 28.6 Å². The first-order chi connectivity index (χ1) is 10.5. The molecular formula is C14H17NO6S. The van der Waals surface area contributed by atoms with Crippen LogP contribution in [0.3, 0.4) is 0 Å². The molecule has 0 bridgehead atoms. The van der Waals surface area contributed by atoms with E-state index in [0.717, 1.165) is 6.20 Å². The molecule has 1 rings (SSSR count). The normalized spacial score (nSPS) is 9.59.